The van der Waals surface area contributed by atoms with E-state index in [1.165, 1.54) is 14.2 Å². The van der Waals surface area contributed by atoms with E-state index in [1.54, 1.807) is 12.1 Å². The van der Waals surface area contributed by atoms with Crippen LogP contribution in [0.15, 0.2) is 40.9 Å². The van der Waals surface area contributed by atoms with E-state index in [9.17, 15) is 4.79 Å². The minimum absolute atomic E-state index is 0.326. The zero-order valence-corrected chi connectivity index (χ0v) is 15.7. The summed E-state index contributed by atoms with van der Waals surface area (Å²) in [5, 5.41) is 5.96. The Hall–Kier alpha value is -1.92. The molecule has 0 atom stereocenters. The Morgan fingerprint density at radius 3 is 2.58 bits per heavy atom. The molecule has 7 heteroatoms. The van der Waals surface area contributed by atoms with Gasteiger partial charge in [0, 0.05) is 23.2 Å². The summed E-state index contributed by atoms with van der Waals surface area (Å²) in [6, 6.07) is 10.8. The highest BCUT2D eigenvalue weighted by atomic mass is 79.9. The third kappa shape index (κ3) is 5.04. The first-order valence-electron chi connectivity index (χ1n) is 7.24. The molecule has 128 valence electrons. The lowest BCUT2D eigenvalue weighted by molar-refractivity contribution is 0.252. The summed E-state index contributed by atoms with van der Waals surface area (Å²) in [6.45, 7) is 0.509. The highest BCUT2D eigenvalue weighted by molar-refractivity contribution is 9.10. The molecule has 2 N–H and O–H groups in total. The average Bonchev–Trinajstić information content (AvgIpc) is 2.56. The van der Waals surface area contributed by atoms with E-state index in [0.717, 1.165) is 16.5 Å². The summed E-state index contributed by atoms with van der Waals surface area (Å²) in [5.74, 6) is 0.921. The summed E-state index contributed by atoms with van der Waals surface area (Å²) >= 11 is 9.47. The maximum atomic E-state index is 12.1. The fourth-order valence-electron chi connectivity index (χ4n) is 2.14. The number of amides is 2. The monoisotopic (exact) mass is 412 g/mol. The van der Waals surface area contributed by atoms with Crippen LogP contribution in [-0.2, 0) is 6.42 Å². The molecule has 2 amide bonds. The van der Waals surface area contributed by atoms with Crippen molar-refractivity contribution < 1.29 is 14.3 Å². The Balaban J connectivity index is 1.94. The minimum Gasteiger partial charge on any atom is -0.495 e. The lowest BCUT2D eigenvalue weighted by Crippen LogP contribution is -2.30. The number of benzene rings is 2. The molecule has 24 heavy (non-hydrogen) atoms. The molecule has 0 spiro atoms. The van der Waals surface area contributed by atoms with Crippen LogP contribution in [0.25, 0.3) is 0 Å². The summed E-state index contributed by atoms with van der Waals surface area (Å²) in [5.41, 5.74) is 1.62. The van der Waals surface area contributed by atoms with Crippen molar-refractivity contribution in [3.8, 4) is 11.5 Å². The molecule has 0 radical (unpaired) electrons. The van der Waals surface area contributed by atoms with Crippen LogP contribution < -0.4 is 20.1 Å². The Morgan fingerprint density at radius 2 is 1.92 bits per heavy atom. The lowest BCUT2D eigenvalue weighted by Gasteiger charge is -2.13. The molecule has 0 unspecified atom stereocenters. The van der Waals surface area contributed by atoms with Crippen LogP contribution in [0, 0.1) is 0 Å². The first kappa shape index (κ1) is 18.4. The molecule has 0 aromatic heterocycles. The number of carbonyl (C=O) groups excluding carboxylic acids is 1. The Kier molecular flexibility index (Phi) is 6.75. The second-order valence-corrected chi connectivity index (χ2v) is 6.27. The van der Waals surface area contributed by atoms with Gasteiger partial charge in [0.05, 0.1) is 24.9 Å². The highest BCUT2D eigenvalue weighted by Gasteiger charge is 2.12. The van der Waals surface area contributed by atoms with Crippen LogP contribution in [0.1, 0.15) is 5.56 Å². The molecule has 2 aromatic carbocycles. The standard InChI is InChI=1S/C17H18BrClN2O3/c1-23-15-10-14(16(24-2)9-13(15)19)21-17(22)20-7-6-11-4-3-5-12(18)8-11/h3-5,8-10H,6-7H2,1-2H3,(H2,20,21,22). The number of ether oxygens (including phenoxy) is 2. The maximum Gasteiger partial charge on any atom is 0.319 e. The highest BCUT2D eigenvalue weighted by Crippen LogP contribution is 2.35. The quantitative estimate of drug-likeness (QED) is 0.734. The molecule has 5 nitrogen and oxygen atoms in total. The van der Waals surface area contributed by atoms with Crippen molar-refractivity contribution >= 4 is 39.2 Å². The summed E-state index contributed by atoms with van der Waals surface area (Å²) in [6.07, 6.45) is 0.730. The van der Waals surface area contributed by atoms with Gasteiger partial charge < -0.3 is 20.1 Å². The third-order valence-corrected chi connectivity index (χ3v) is 4.10. The number of halogens is 2. The first-order valence-corrected chi connectivity index (χ1v) is 8.41. The average molecular weight is 414 g/mol. The zero-order valence-electron chi connectivity index (χ0n) is 13.4. The van der Waals surface area contributed by atoms with Gasteiger partial charge in [-0.05, 0) is 24.1 Å². The minimum atomic E-state index is -0.326. The summed E-state index contributed by atoms with van der Waals surface area (Å²) in [4.78, 5) is 12.1. The molecule has 0 aliphatic heterocycles. The second-order valence-electron chi connectivity index (χ2n) is 4.95. The lowest BCUT2D eigenvalue weighted by atomic mass is 10.1. The van der Waals surface area contributed by atoms with Crippen molar-refractivity contribution in [1.29, 1.82) is 0 Å². The van der Waals surface area contributed by atoms with E-state index < -0.39 is 0 Å². The van der Waals surface area contributed by atoms with Crippen molar-refractivity contribution in [2.75, 3.05) is 26.1 Å². The SMILES string of the molecule is COc1cc(NC(=O)NCCc2cccc(Br)c2)c(OC)cc1Cl. The van der Waals surface area contributed by atoms with Crippen LogP contribution in [0.2, 0.25) is 5.02 Å². The van der Waals surface area contributed by atoms with E-state index >= 15 is 0 Å². The predicted molar refractivity (Wildman–Crippen MR) is 99.4 cm³/mol. The van der Waals surface area contributed by atoms with Crippen LogP contribution >= 0.6 is 27.5 Å². The van der Waals surface area contributed by atoms with E-state index in [-0.39, 0.29) is 6.03 Å². The van der Waals surface area contributed by atoms with Gasteiger partial charge in [0.25, 0.3) is 0 Å². The molecular weight excluding hydrogens is 396 g/mol. The smallest absolute Gasteiger partial charge is 0.319 e. The molecule has 2 aromatic rings. The molecule has 0 aliphatic carbocycles. The second kappa shape index (κ2) is 8.80. The Labute approximate surface area is 154 Å². The van der Waals surface area contributed by atoms with Crippen LogP contribution in [0.5, 0.6) is 11.5 Å². The van der Waals surface area contributed by atoms with E-state index in [0.29, 0.717) is 28.8 Å². The topological polar surface area (TPSA) is 59.6 Å². The van der Waals surface area contributed by atoms with Gasteiger partial charge in [0.2, 0.25) is 0 Å². The van der Waals surface area contributed by atoms with Crippen LogP contribution in [0.4, 0.5) is 10.5 Å². The number of methoxy groups -OCH3 is 2. The number of rotatable bonds is 6. The molecule has 0 saturated heterocycles. The van der Waals surface area contributed by atoms with E-state index in [1.807, 2.05) is 24.3 Å². The number of carbonyl (C=O) groups is 1. The number of nitrogens with one attached hydrogen (secondary N) is 2. The van der Waals surface area contributed by atoms with Crippen molar-refractivity contribution in [2.24, 2.45) is 0 Å². The summed E-state index contributed by atoms with van der Waals surface area (Å²) < 4.78 is 11.4. The molecule has 0 aliphatic rings. The normalized spacial score (nSPS) is 10.2. The Morgan fingerprint density at radius 1 is 1.17 bits per heavy atom. The third-order valence-electron chi connectivity index (χ3n) is 3.31. The molecule has 0 heterocycles. The fraction of sp³-hybridized carbons (Fsp3) is 0.235. The van der Waals surface area contributed by atoms with Crippen molar-refractivity contribution in [3.05, 3.63) is 51.5 Å². The zero-order chi connectivity index (χ0) is 17.5. The molecule has 2 rings (SSSR count). The van der Waals surface area contributed by atoms with Gasteiger partial charge in [-0.15, -0.1) is 0 Å². The molecular formula is C17H18BrClN2O3. The van der Waals surface area contributed by atoms with E-state index in [2.05, 4.69) is 26.6 Å². The van der Waals surface area contributed by atoms with Crippen LogP contribution in [-0.4, -0.2) is 26.8 Å². The predicted octanol–water partition coefficient (Wildman–Crippen LogP) is 4.48. The van der Waals surface area contributed by atoms with Gasteiger partial charge in [0.1, 0.15) is 11.5 Å². The maximum absolute atomic E-state index is 12.1. The number of hydrogen-bond donors (Lipinski definition) is 2. The van der Waals surface area contributed by atoms with Crippen LogP contribution in [0.3, 0.4) is 0 Å². The van der Waals surface area contributed by atoms with Gasteiger partial charge in [-0.2, -0.15) is 0 Å². The number of hydrogen-bond acceptors (Lipinski definition) is 3. The van der Waals surface area contributed by atoms with Gasteiger partial charge in [-0.25, -0.2) is 4.79 Å². The first-order chi connectivity index (χ1) is 11.5. The largest absolute Gasteiger partial charge is 0.495 e. The number of urea groups is 1. The fourth-order valence-corrected chi connectivity index (χ4v) is 2.81. The summed E-state index contributed by atoms with van der Waals surface area (Å²) in [7, 11) is 3.02. The van der Waals surface area contributed by atoms with E-state index in [4.69, 9.17) is 21.1 Å². The van der Waals surface area contributed by atoms with Crippen molar-refractivity contribution in [3.63, 3.8) is 0 Å². The molecule has 0 saturated carbocycles. The van der Waals surface area contributed by atoms with Gasteiger partial charge >= 0.3 is 6.03 Å². The van der Waals surface area contributed by atoms with Gasteiger partial charge in [0.15, 0.2) is 0 Å². The molecule has 0 fully saturated rings. The van der Waals surface area contributed by atoms with Crippen molar-refractivity contribution in [2.45, 2.75) is 6.42 Å². The molecule has 0 bridgehead atoms. The Bertz CT molecular complexity index is 725. The van der Waals surface area contributed by atoms with Gasteiger partial charge in [-0.1, -0.05) is 39.7 Å². The number of anilines is 1. The van der Waals surface area contributed by atoms with Gasteiger partial charge in [-0.3, -0.25) is 0 Å². The van der Waals surface area contributed by atoms with Crippen molar-refractivity contribution in [1.82, 2.24) is 5.32 Å².